The average molecular weight is 838 g/mol. The predicted molar refractivity (Wildman–Crippen MR) is 222 cm³/mol. The number of ether oxygens (including phenoxy) is 2. The molecular formula is C44H45BrN4O6S. The maximum Gasteiger partial charge on any atom is 0.255 e. The second-order valence-electron chi connectivity index (χ2n) is 14.8. The molecule has 290 valence electrons. The lowest BCUT2D eigenvalue weighted by Crippen LogP contribution is -2.52. The minimum Gasteiger partial charge on any atom is -0.508 e. The number of piperidine rings is 1. The SMILES string of the molecule is O=C1CC[C@H](N2Cc3cc(CCN4CCCN(CCCCOc5ccc(Oc6c(-c7ccc(Br)cc7)sc7cc(O)ccc67)cc5)CC4)ccc3C2=O)C(=O)N1. The van der Waals surface area contributed by atoms with Crippen LogP contribution in [-0.2, 0) is 22.6 Å². The van der Waals surface area contributed by atoms with E-state index in [0.717, 1.165) is 113 Å². The molecule has 3 aliphatic rings. The Balaban J connectivity index is 0.760. The molecule has 0 saturated carbocycles. The zero-order chi connectivity index (χ0) is 38.6. The number of amides is 3. The molecular weight excluding hydrogens is 792 g/mol. The van der Waals surface area contributed by atoms with Crippen LogP contribution in [0.3, 0.4) is 0 Å². The van der Waals surface area contributed by atoms with E-state index in [9.17, 15) is 19.5 Å². The molecule has 3 aliphatic heterocycles. The summed E-state index contributed by atoms with van der Waals surface area (Å²) >= 11 is 5.12. The first-order valence-corrected chi connectivity index (χ1v) is 21.0. The van der Waals surface area contributed by atoms with Crippen LogP contribution in [0, 0.1) is 0 Å². The topological polar surface area (TPSA) is 112 Å². The van der Waals surface area contributed by atoms with Gasteiger partial charge < -0.3 is 29.3 Å². The summed E-state index contributed by atoms with van der Waals surface area (Å²) in [5, 5.41) is 13.4. The Kier molecular flexibility index (Phi) is 11.7. The van der Waals surface area contributed by atoms with Gasteiger partial charge in [0.15, 0.2) is 5.75 Å². The molecule has 4 aromatic carbocycles. The number of imide groups is 1. The molecule has 8 rings (SSSR count). The highest BCUT2D eigenvalue weighted by Gasteiger charge is 2.39. The fourth-order valence-corrected chi connectivity index (χ4v) is 9.28. The van der Waals surface area contributed by atoms with E-state index in [1.165, 1.54) is 5.56 Å². The van der Waals surface area contributed by atoms with E-state index in [4.69, 9.17) is 9.47 Å². The summed E-state index contributed by atoms with van der Waals surface area (Å²) in [6, 6.07) is 26.8. The number of hydrogen-bond donors (Lipinski definition) is 2. The maximum absolute atomic E-state index is 13.1. The van der Waals surface area contributed by atoms with E-state index in [-0.39, 0.29) is 29.9 Å². The van der Waals surface area contributed by atoms with Gasteiger partial charge in [0, 0.05) is 52.7 Å². The molecule has 56 heavy (non-hydrogen) atoms. The first kappa shape index (κ1) is 38.1. The number of aromatic hydroxyl groups is 1. The molecule has 1 atom stereocenters. The highest BCUT2D eigenvalue weighted by atomic mass is 79.9. The number of carbonyl (C=O) groups excluding carboxylic acids is 3. The van der Waals surface area contributed by atoms with Gasteiger partial charge in [0.25, 0.3) is 5.91 Å². The molecule has 2 fully saturated rings. The van der Waals surface area contributed by atoms with Crippen molar-refractivity contribution < 1.29 is 29.0 Å². The second kappa shape index (κ2) is 17.2. The second-order valence-corrected chi connectivity index (χ2v) is 16.7. The lowest BCUT2D eigenvalue weighted by molar-refractivity contribution is -0.136. The monoisotopic (exact) mass is 836 g/mol. The maximum atomic E-state index is 13.1. The molecule has 0 unspecified atom stereocenters. The summed E-state index contributed by atoms with van der Waals surface area (Å²) in [5.74, 6) is 1.78. The Morgan fingerprint density at radius 2 is 1.61 bits per heavy atom. The number of phenols is 1. The molecule has 2 saturated heterocycles. The molecule has 0 radical (unpaired) electrons. The van der Waals surface area contributed by atoms with Crippen molar-refractivity contribution in [3.63, 3.8) is 0 Å². The van der Waals surface area contributed by atoms with Gasteiger partial charge >= 0.3 is 0 Å². The average Bonchev–Trinajstić information content (AvgIpc) is 3.60. The van der Waals surface area contributed by atoms with Crippen molar-refractivity contribution in [2.75, 3.05) is 45.9 Å². The number of rotatable bonds is 13. The summed E-state index contributed by atoms with van der Waals surface area (Å²) in [5.41, 5.74) is 3.88. The zero-order valence-corrected chi connectivity index (χ0v) is 33.6. The van der Waals surface area contributed by atoms with Gasteiger partial charge in [-0.3, -0.25) is 19.7 Å². The van der Waals surface area contributed by atoms with Crippen molar-refractivity contribution in [2.24, 2.45) is 0 Å². The summed E-state index contributed by atoms with van der Waals surface area (Å²) < 4.78 is 14.6. The number of hydrogen-bond acceptors (Lipinski definition) is 9. The third-order valence-corrected chi connectivity index (χ3v) is 12.6. The number of nitrogens with zero attached hydrogens (tertiary/aromatic N) is 3. The van der Waals surface area contributed by atoms with Crippen molar-refractivity contribution in [3.05, 3.63) is 106 Å². The van der Waals surface area contributed by atoms with E-state index in [2.05, 4.69) is 49.2 Å². The number of fused-ring (bicyclic) bond motifs is 2. The van der Waals surface area contributed by atoms with Gasteiger partial charge in [0.2, 0.25) is 11.8 Å². The summed E-state index contributed by atoms with van der Waals surface area (Å²) in [4.78, 5) is 44.8. The third kappa shape index (κ3) is 8.78. The van der Waals surface area contributed by atoms with Crippen molar-refractivity contribution in [3.8, 4) is 33.4 Å². The Bertz CT molecular complexity index is 2230. The molecule has 4 heterocycles. The van der Waals surface area contributed by atoms with Crippen molar-refractivity contribution in [2.45, 2.75) is 51.1 Å². The van der Waals surface area contributed by atoms with Gasteiger partial charge in [-0.15, -0.1) is 11.3 Å². The predicted octanol–water partition coefficient (Wildman–Crippen LogP) is 8.00. The third-order valence-electron chi connectivity index (χ3n) is 10.9. The van der Waals surface area contributed by atoms with Crippen LogP contribution in [0.4, 0.5) is 0 Å². The summed E-state index contributed by atoms with van der Waals surface area (Å²) in [6.45, 7) is 7.34. The van der Waals surface area contributed by atoms with Gasteiger partial charge in [0.05, 0.1) is 11.5 Å². The first-order chi connectivity index (χ1) is 27.3. The largest absolute Gasteiger partial charge is 0.508 e. The minimum atomic E-state index is -0.585. The molecule has 0 aliphatic carbocycles. The summed E-state index contributed by atoms with van der Waals surface area (Å²) in [7, 11) is 0. The van der Waals surface area contributed by atoms with Crippen LogP contribution in [0.25, 0.3) is 20.5 Å². The molecule has 2 N–H and O–H groups in total. The van der Waals surface area contributed by atoms with Gasteiger partial charge in [0.1, 0.15) is 23.3 Å². The number of halogens is 1. The van der Waals surface area contributed by atoms with Gasteiger partial charge in [-0.1, -0.05) is 40.2 Å². The highest BCUT2D eigenvalue weighted by Crippen LogP contribution is 2.47. The van der Waals surface area contributed by atoms with Gasteiger partial charge in [-0.25, -0.2) is 0 Å². The van der Waals surface area contributed by atoms with Crippen molar-refractivity contribution in [1.82, 2.24) is 20.0 Å². The van der Waals surface area contributed by atoms with Crippen molar-refractivity contribution >= 4 is 55.1 Å². The van der Waals surface area contributed by atoms with E-state index in [0.29, 0.717) is 25.1 Å². The number of phenolic OH excluding ortho intramolecular Hbond substituents is 1. The van der Waals surface area contributed by atoms with Crippen LogP contribution in [0.1, 0.15) is 53.6 Å². The van der Waals surface area contributed by atoms with Crippen LogP contribution >= 0.6 is 27.3 Å². The quantitative estimate of drug-likeness (QED) is 0.0908. The molecule has 0 bridgehead atoms. The van der Waals surface area contributed by atoms with Crippen LogP contribution in [0.5, 0.6) is 23.0 Å². The normalized spacial score (nSPS) is 17.9. The Hall–Kier alpha value is -4.75. The van der Waals surface area contributed by atoms with Crippen molar-refractivity contribution in [1.29, 1.82) is 0 Å². The van der Waals surface area contributed by atoms with E-state index in [1.807, 2.05) is 54.6 Å². The number of unbranched alkanes of at least 4 members (excludes halogenated alkanes) is 1. The fourth-order valence-electron chi connectivity index (χ4n) is 7.85. The molecule has 10 nitrogen and oxygen atoms in total. The molecule has 0 spiro atoms. The van der Waals surface area contributed by atoms with Crippen LogP contribution in [0.15, 0.2) is 89.4 Å². The number of nitrogens with one attached hydrogen (secondary N) is 1. The molecule has 12 heteroatoms. The standard InChI is InChI=1S/C44H45BrN4O6S/c45-32-7-5-30(6-8-32)42-41(37-15-9-33(50)27-39(37)56-42)55-35-12-10-34(11-13-35)54-25-2-1-19-47-20-3-21-48(24-23-47)22-18-29-4-14-36-31(26-29)28-49(44(36)53)38-16-17-40(51)46-43(38)52/h4-15,26-27,38,50H,1-3,16-25,28H2,(H,46,51,52)/t38-/m0/s1. The fraction of sp³-hybridized carbons (Fsp3) is 0.341. The van der Waals surface area contributed by atoms with Crippen LogP contribution in [-0.4, -0.2) is 89.4 Å². The lowest BCUT2D eigenvalue weighted by atomic mass is 10.0. The molecule has 5 aromatic rings. The number of benzene rings is 4. The molecule has 3 amide bonds. The Morgan fingerprint density at radius 3 is 2.39 bits per heavy atom. The first-order valence-electron chi connectivity index (χ1n) is 19.4. The van der Waals surface area contributed by atoms with E-state index in [1.54, 1.807) is 28.4 Å². The van der Waals surface area contributed by atoms with E-state index >= 15 is 0 Å². The highest BCUT2D eigenvalue weighted by molar-refractivity contribution is 9.10. The Labute approximate surface area is 339 Å². The van der Waals surface area contributed by atoms with E-state index < -0.39 is 6.04 Å². The smallest absolute Gasteiger partial charge is 0.255 e. The Morgan fingerprint density at radius 1 is 0.839 bits per heavy atom. The van der Waals surface area contributed by atoms with Crippen LogP contribution in [0.2, 0.25) is 0 Å². The van der Waals surface area contributed by atoms with Gasteiger partial charge in [-0.05, 0) is 129 Å². The minimum absolute atomic E-state index is 0.125. The summed E-state index contributed by atoms with van der Waals surface area (Å²) in [6.07, 6.45) is 4.74. The zero-order valence-electron chi connectivity index (χ0n) is 31.2. The number of thiophene rings is 1. The lowest BCUT2D eigenvalue weighted by Gasteiger charge is -2.29. The van der Waals surface area contributed by atoms with Crippen LogP contribution < -0.4 is 14.8 Å². The van der Waals surface area contributed by atoms with Gasteiger partial charge in [-0.2, -0.15) is 0 Å². The molecule has 1 aromatic heterocycles. The number of carbonyl (C=O) groups is 3.